The van der Waals surface area contributed by atoms with Crippen molar-refractivity contribution in [1.82, 2.24) is 5.32 Å². The van der Waals surface area contributed by atoms with Crippen molar-refractivity contribution in [3.05, 3.63) is 65.5 Å². The predicted octanol–water partition coefficient (Wildman–Crippen LogP) is 3.52. The molecule has 124 valence electrons. The molecule has 2 aromatic carbocycles. The molecule has 0 fully saturated rings. The van der Waals surface area contributed by atoms with E-state index in [-0.39, 0.29) is 12.5 Å². The highest BCUT2D eigenvalue weighted by atomic mass is 32.1. The number of aliphatic hydroxyl groups is 1. The second-order valence-electron chi connectivity index (χ2n) is 5.52. The molecular formula is C19H19NO3S. The van der Waals surface area contributed by atoms with Gasteiger partial charge in [0.15, 0.2) is 6.10 Å². The molecule has 2 atom stereocenters. The Morgan fingerprint density at radius 2 is 1.88 bits per heavy atom. The number of para-hydroxylation sites is 1. The van der Waals surface area contributed by atoms with E-state index in [0.717, 1.165) is 15.6 Å². The molecule has 0 unspecified atom stereocenters. The molecule has 3 aromatic rings. The SMILES string of the molecule is C[C@@H](Oc1ccccc1)C(=O)NC[C@@H](O)c1csc2ccccc12. The van der Waals surface area contributed by atoms with Gasteiger partial charge < -0.3 is 15.2 Å². The molecule has 1 amide bonds. The summed E-state index contributed by atoms with van der Waals surface area (Å²) >= 11 is 1.59. The van der Waals surface area contributed by atoms with Crippen LogP contribution < -0.4 is 10.1 Å². The van der Waals surface area contributed by atoms with Gasteiger partial charge in [0.2, 0.25) is 0 Å². The van der Waals surface area contributed by atoms with E-state index in [4.69, 9.17) is 4.74 Å². The van der Waals surface area contributed by atoms with Gasteiger partial charge in [-0.05, 0) is 35.9 Å². The summed E-state index contributed by atoms with van der Waals surface area (Å²) in [5.74, 6) is 0.391. The Balaban J connectivity index is 1.57. The minimum Gasteiger partial charge on any atom is -0.481 e. The molecule has 1 aromatic heterocycles. The largest absolute Gasteiger partial charge is 0.481 e. The van der Waals surface area contributed by atoms with Crippen molar-refractivity contribution in [2.45, 2.75) is 19.1 Å². The van der Waals surface area contributed by atoms with Crippen LogP contribution in [-0.2, 0) is 4.79 Å². The number of benzene rings is 2. The lowest BCUT2D eigenvalue weighted by molar-refractivity contribution is -0.127. The molecule has 0 spiro atoms. The monoisotopic (exact) mass is 341 g/mol. The van der Waals surface area contributed by atoms with E-state index >= 15 is 0 Å². The van der Waals surface area contributed by atoms with E-state index < -0.39 is 12.2 Å². The Morgan fingerprint density at radius 3 is 2.67 bits per heavy atom. The number of carbonyl (C=O) groups is 1. The van der Waals surface area contributed by atoms with Crippen LogP contribution in [0, 0.1) is 0 Å². The molecule has 3 rings (SSSR count). The summed E-state index contributed by atoms with van der Waals surface area (Å²) < 4.78 is 6.70. The van der Waals surface area contributed by atoms with Gasteiger partial charge in [0, 0.05) is 16.8 Å². The number of hydrogen-bond donors (Lipinski definition) is 2. The van der Waals surface area contributed by atoms with Crippen LogP contribution in [0.1, 0.15) is 18.6 Å². The Labute approximate surface area is 144 Å². The third-order valence-electron chi connectivity index (χ3n) is 3.76. The van der Waals surface area contributed by atoms with E-state index in [9.17, 15) is 9.90 Å². The summed E-state index contributed by atoms with van der Waals surface area (Å²) in [6.07, 6.45) is -1.37. The van der Waals surface area contributed by atoms with Gasteiger partial charge in [-0.15, -0.1) is 11.3 Å². The number of hydrogen-bond acceptors (Lipinski definition) is 4. The van der Waals surface area contributed by atoms with Crippen LogP contribution in [-0.4, -0.2) is 23.7 Å². The van der Waals surface area contributed by atoms with Crippen molar-refractivity contribution in [1.29, 1.82) is 0 Å². The summed E-state index contributed by atoms with van der Waals surface area (Å²) in [6.45, 7) is 1.84. The van der Waals surface area contributed by atoms with E-state index in [1.54, 1.807) is 30.4 Å². The van der Waals surface area contributed by atoms with Crippen molar-refractivity contribution >= 4 is 27.3 Å². The molecular weight excluding hydrogens is 322 g/mol. The standard InChI is InChI=1S/C19H19NO3S/c1-13(23-14-7-3-2-4-8-14)19(22)20-11-17(21)16-12-24-18-10-6-5-9-15(16)18/h2-10,12-13,17,21H,11H2,1H3,(H,20,22)/t13-,17-/m1/s1. The van der Waals surface area contributed by atoms with Crippen LogP contribution in [0.2, 0.25) is 0 Å². The van der Waals surface area contributed by atoms with Crippen LogP contribution in [0.25, 0.3) is 10.1 Å². The molecule has 0 saturated heterocycles. The topological polar surface area (TPSA) is 58.6 Å². The molecule has 0 aliphatic carbocycles. The predicted molar refractivity (Wildman–Crippen MR) is 96.3 cm³/mol. The van der Waals surface area contributed by atoms with Gasteiger partial charge >= 0.3 is 0 Å². The first-order valence-corrected chi connectivity index (χ1v) is 8.66. The van der Waals surface area contributed by atoms with Crippen molar-refractivity contribution in [3.63, 3.8) is 0 Å². The highest BCUT2D eigenvalue weighted by Gasteiger charge is 2.18. The number of fused-ring (bicyclic) bond motifs is 1. The van der Waals surface area contributed by atoms with Gasteiger partial charge in [0.1, 0.15) is 5.75 Å². The first-order chi connectivity index (χ1) is 11.6. The third kappa shape index (κ3) is 3.75. The maximum atomic E-state index is 12.1. The van der Waals surface area contributed by atoms with Crippen LogP contribution in [0.5, 0.6) is 5.75 Å². The number of carbonyl (C=O) groups excluding carboxylic acids is 1. The highest BCUT2D eigenvalue weighted by molar-refractivity contribution is 7.17. The summed E-state index contributed by atoms with van der Waals surface area (Å²) in [4.78, 5) is 12.1. The summed E-state index contributed by atoms with van der Waals surface area (Å²) in [6, 6.07) is 17.1. The van der Waals surface area contributed by atoms with Crippen molar-refractivity contribution in [2.24, 2.45) is 0 Å². The number of ether oxygens (including phenoxy) is 1. The zero-order valence-electron chi connectivity index (χ0n) is 13.3. The lowest BCUT2D eigenvalue weighted by Gasteiger charge is -2.16. The Bertz CT molecular complexity index is 816. The van der Waals surface area contributed by atoms with Crippen LogP contribution in [0.15, 0.2) is 60.0 Å². The minimum absolute atomic E-state index is 0.155. The zero-order valence-corrected chi connectivity index (χ0v) is 14.1. The number of amides is 1. The fourth-order valence-electron chi connectivity index (χ4n) is 2.46. The second-order valence-corrected chi connectivity index (χ2v) is 6.43. The molecule has 0 radical (unpaired) electrons. The smallest absolute Gasteiger partial charge is 0.260 e. The quantitative estimate of drug-likeness (QED) is 0.721. The second kappa shape index (κ2) is 7.47. The maximum Gasteiger partial charge on any atom is 0.260 e. The molecule has 24 heavy (non-hydrogen) atoms. The summed E-state index contributed by atoms with van der Waals surface area (Å²) in [5.41, 5.74) is 0.840. The molecule has 0 aliphatic rings. The highest BCUT2D eigenvalue weighted by Crippen LogP contribution is 2.29. The van der Waals surface area contributed by atoms with Crippen LogP contribution in [0.3, 0.4) is 0 Å². The van der Waals surface area contributed by atoms with E-state index in [0.29, 0.717) is 5.75 Å². The normalized spacial score (nSPS) is 13.4. The van der Waals surface area contributed by atoms with E-state index in [2.05, 4.69) is 5.32 Å². The first kappa shape index (κ1) is 16.5. The Hall–Kier alpha value is -2.37. The Morgan fingerprint density at radius 1 is 1.17 bits per heavy atom. The average molecular weight is 341 g/mol. The van der Waals surface area contributed by atoms with E-state index in [1.807, 2.05) is 47.8 Å². The van der Waals surface area contributed by atoms with Gasteiger partial charge in [0.25, 0.3) is 5.91 Å². The molecule has 0 saturated carbocycles. The fraction of sp³-hybridized carbons (Fsp3) is 0.211. The number of nitrogens with one attached hydrogen (secondary N) is 1. The van der Waals surface area contributed by atoms with Gasteiger partial charge in [-0.25, -0.2) is 0 Å². The number of thiophene rings is 1. The molecule has 0 bridgehead atoms. The van der Waals surface area contributed by atoms with Crippen LogP contribution in [0.4, 0.5) is 0 Å². The summed E-state index contributed by atoms with van der Waals surface area (Å²) in [7, 11) is 0. The van der Waals surface area contributed by atoms with Gasteiger partial charge in [0.05, 0.1) is 6.10 Å². The molecule has 1 heterocycles. The Kier molecular flexibility index (Phi) is 5.13. The zero-order chi connectivity index (χ0) is 16.9. The number of aliphatic hydroxyl groups excluding tert-OH is 1. The van der Waals surface area contributed by atoms with Gasteiger partial charge in [-0.1, -0.05) is 36.4 Å². The fourth-order valence-corrected chi connectivity index (χ4v) is 3.47. The van der Waals surface area contributed by atoms with Gasteiger partial charge in [-0.3, -0.25) is 4.79 Å². The third-order valence-corrected chi connectivity index (χ3v) is 4.75. The van der Waals surface area contributed by atoms with Gasteiger partial charge in [-0.2, -0.15) is 0 Å². The maximum absolute atomic E-state index is 12.1. The molecule has 2 N–H and O–H groups in total. The molecule has 4 nitrogen and oxygen atoms in total. The van der Waals surface area contributed by atoms with Crippen molar-refractivity contribution in [2.75, 3.05) is 6.54 Å². The van der Waals surface area contributed by atoms with Crippen LogP contribution >= 0.6 is 11.3 Å². The minimum atomic E-state index is -0.742. The lowest BCUT2D eigenvalue weighted by atomic mass is 10.1. The molecule has 0 aliphatic heterocycles. The first-order valence-electron chi connectivity index (χ1n) is 7.79. The summed E-state index contributed by atoms with van der Waals surface area (Å²) in [5, 5.41) is 16.1. The van der Waals surface area contributed by atoms with E-state index in [1.165, 1.54) is 0 Å². The number of rotatable bonds is 6. The molecule has 5 heteroatoms. The van der Waals surface area contributed by atoms with Crippen molar-refractivity contribution in [3.8, 4) is 5.75 Å². The average Bonchev–Trinajstić information content (AvgIpc) is 3.04. The lowest BCUT2D eigenvalue weighted by Crippen LogP contribution is -2.38. The van der Waals surface area contributed by atoms with Crippen molar-refractivity contribution < 1.29 is 14.6 Å².